The standard InChI is InChI=1S/C24H30ClN3Si/c1-26(2)19-13-7-10-16-22(19)29(25,23-17-11-8-14-20(23)27(3)4)24-18-12-9-15-21(24)28(5)6/h7-18H,1-6H3. The van der Waals surface area contributed by atoms with Crippen molar-refractivity contribution in [2.75, 3.05) is 57.0 Å². The highest BCUT2D eigenvalue weighted by atomic mass is 35.6. The summed E-state index contributed by atoms with van der Waals surface area (Å²) in [5.74, 6) is 0. The minimum atomic E-state index is -2.85. The van der Waals surface area contributed by atoms with Gasteiger partial charge in [0.15, 0.2) is 0 Å². The third kappa shape index (κ3) is 3.87. The molecule has 3 aromatic rings. The summed E-state index contributed by atoms with van der Waals surface area (Å²) in [5, 5.41) is 3.61. The van der Waals surface area contributed by atoms with Crippen molar-refractivity contribution in [3.8, 4) is 0 Å². The van der Waals surface area contributed by atoms with Crippen LogP contribution in [0.25, 0.3) is 0 Å². The second kappa shape index (κ2) is 8.52. The summed E-state index contributed by atoms with van der Waals surface area (Å²) in [4.78, 5) is 6.49. The molecule has 0 radical (unpaired) electrons. The van der Waals surface area contributed by atoms with E-state index in [0.29, 0.717) is 0 Å². The highest BCUT2D eigenvalue weighted by Crippen LogP contribution is 2.25. The van der Waals surface area contributed by atoms with Crippen LogP contribution >= 0.6 is 11.1 Å². The van der Waals surface area contributed by atoms with Crippen molar-refractivity contribution >= 4 is 51.1 Å². The van der Waals surface area contributed by atoms with Crippen LogP contribution in [0.4, 0.5) is 17.1 Å². The first-order valence-corrected chi connectivity index (χ1v) is 12.8. The molecule has 0 unspecified atom stereocenters. The number of anilines is 3. The molecule has 0 heterocycles. The van der Waals surface area contributed by atoms with Gasteiger partial charge in [0.05, 0.1) is 0 Å². The second-order valence-corrected chi connectivity index (χ2v) is 12.5. The zero-order valence-corrected chi connectivity index (χ0v) is 19.9. The lowest BCUT2D eigenvalue weighted by atomic mass is 10.3. The van der Waals surface area contributed by atoms with Gasteiger partial charge in [-0.1, -0.05) is 54.6 Å². The first-order valence-electron chi connectivity index (χ1n) is 9.78. The normalized spacial score (nSPS) is 11.3. The minimum Gasteiger partial charge on any atom is -0.378 e. The summed E-state index contributed by atoms with van der Waals surface area (Å²) in [6.45, 7) is 0. The Morgan fingerprint density at radius 3 is 0.966 bits per heavy atom. The minimum absolute atomic E-state index is 1.16. The predicted molar refractivity (Wildman–Crippen MR) is 133 cm³/mol. The van der Waals surface area contributed by atoms with Crippen LogP contribution in [-0.2, 0) is 0 Å². The van der Waals surface area contributed by atoms with E-state index in [2.05, 4.69) is 130 Å². The maximum absolute atomic E-state index is 7.92. The van der Waals surface area contributed by atoms with Crippen molar-refractivity contribution in [2.24, 2.45) is 0 Å². The predicted octanol–water partition coefficient (Wildman–Crippen LogP) is 3.09. The van der Waals surface area contributed by atoms with Crippen molar-refractivity contribution in [3.05, 3.63) is 72.8 Å². The van der Waals surface area contributed by atoms with Crippen LogP contribution in [0.3, 0.4) is 0 Å². The smallest absolute Gasteiger partial charge is 0.254 e. The Labute approximate surface area is 180 Å². The molecule has 5 heteroatoms. The van der Waals surface area contributed by atoms with Crippen LogP contribution in [0, 0.1) is 0 Å². The summed E-state index contributed by atoms with van der Waals surface area (Å²) in [7, 11) is 9.65. The number of halogens is 1. The van der Waals surface area contributed by atoms with E-state index in [1.807, 2.05) is 0 Å². The molecule has 152 valence electrons. The van der Waals surface area contributed by atoms with Crippen LogP contribution in [0.1, 0.15) is 0 Å². The number of para-hydroxylation sites is 3. The fourth-order valence-electron chi connectivity index (χ4n) is 3.90. The SMILES string of the molecule is CN(C)c1ccccc1[Si](Cl)(c1ccccc1N(C)C)c1ccccc1N(C)C. The molecule has 0 aromatic heterocycles. The molecular weight excluding hydrogens is 394 g/mol. The molecule has 3 rings (SSSR count). The summed E-state index contributed by atoms with van der Waals surface area (Å²) < 4.78 is 0. The first-order chi connectivity index (χ1) is 13.8. The number of nitrogens with zero attached hydrogens (tertiary/aromatic N) is 3. The summed E-state index contributed by atoms with van der Waals surface area (Å²) in [5.41, 5.74) is 3.49. The highest BCUT2D eigenvalue weighted by Gasteiger charge is 2.43. The van der Waals surface area contributed by atoms with Gasteiger partial charge in [0.1, 0.15) is 0 Å². The third-order valence-corrected chi connectivity index (χ3v) is 10.6. The molecule has 0 aliphatic heterocycles. The molecule has 3 aromatic carbocycles. The number of benzene rings is 3. The van der Waals surface area contributed by atoms with E-state index in [-0.39, 0.29) is 0 Å². The van der Waals surface area contributed by atoms with Gasteiger partial charge < -0.3 is 14.7 Å². The Bertz CT molecular complexity index is 860. The van der Waals surface area contributed by atoms with E-state index in [0.717, 1.165) is 17.1 Å². The number of hydrogen-bond donors (Lipinski definition) is 0. The molecule has 0 atom stereocenters. The average Bonchev–Trinajstić information content (AvgIpc) is 2.73. The van der Waals surface area contributed by atoms with Crippen molar-refractivity contribution in [1.82, 2.24) is 0 Å². The molecule has 0 aliphatic carbocycles. The lowest BCUT2D eigenvalue weighted by Crippen LogP contribution is -2.65. The fraction of sp³-hybridized carbons (Fsp3) is 0.250. The average molecular weight is 424 g/mol. The molecule has 0 amide bonds. The molecule has 0 spiro atoms. The molecule has 0 bridgehead atoms. The molecule has 0 N–H and O–H groups in total. The van der Waals surface area contributed by atoms with E-state index >= 15 is 0 Å². The van der Waals surface area contributed by atoms with Gasteiger partial charge in [0.2, 0.25) is 0 Å². The summed E-state index contributed by atoms with van der Waals surface area (Å²) >= 11 is 7.92. The van der Waals surface area contributed by atoms with Gasteiger partial charge in [-0.2, -0.15) is 0 Å². The van der Waals surface area contributed by atoms with E-state index in [1.165, 1.54) is 15.6 Å². The van der Waals surface area contributed by atoms with Gasteiger partial charge >= 0.3 is 0 Å². The number of rotatable bonds is 6. The molecule has 29 heavy (non-hydrogen) atoms. The fourth-order valence-corrected chi connectivity index (χ4v) is 9.17. The van der Waals surface area contributed by atoms with E-state index < -0.39 is 7.38 Å². The molecular formula is C24H30ClN3Si. The highest BCUT2D eigenvalue weighted by molar-refractivity contribution is 7.41. The molecule has 0 saturated heterocycles. The van der Waals surface area contributed by atoms with Crippen LogP contribution in [0.15, 0.2) is 72.8 Å². The van der Waals surface area contributed by atoms with Crippen molar-refractivity contribution in [2.45, 2.75) is 0 Å². The van der Waals surface area contributed by atoms with Crippen molar-refractivity contribution in [3.63, 3.8) is 0 Å². The Kier molecular flexibility index (Phi) is 6.25. The zero-order chi connectivity index (χ0) is 21.2. The van der Waals surface area contributed by atoms with Gasteiger partial charge in [0, 0.05) is 59.3 Å². The van der Waals surface area contributed by atoms with Crippen molar-refractivity contribution < 1.29 is 0 Å². The van der Waals surface area contributed by atoms with Gasteiger partial charge in [-0.3, -0.25) is 0 Å². The quantitative estimate of drug-likeness (QED) is 0.342. The Balaban J connectivity index is 2.46. The summed E-state index contributed by atoms with van der Waals surface area (Å²) in [6, 6.07) is 25.6. The first kappa shape index (κ1) is 21.3. The summed E-state index contributed by atoms with van der Waals surface area (Å²) in [6.07, 6.45) is 0. The van der Waals surface area contributed by atoms with E-state index in [9.17, 15) is 0 Å². The largest absolute Gasteiger partial charge is 0.378 e. The maximum atomic E-state index is 7.92. The number of hydrogen-bond acceptors (Lipinski definition) is 3. The van der Waals surface area contributed by atoms with E-state index in [1.54, 1.807) is 0 Å². The zero-order valence-electron chi connectivity index (χ0n) is 18.1. The second-order valence-electron chi connectivity index (χ2n) is 7.89. The van der Waals surface area contributed by atoms with Gasteiger partial charge in [-0.25, -0.2) is 0 Å². The molecule has 0 aliphatic rings. The van der Waals surface area contributed by atoms with Crippen molar-refractivity contribution in [1.29, 1.82) is 0 Å². The third-order valence-electron chi connectivity index (χ3n) is 5.27. The van der Waals surface area contributed by atoms with Gasteiger partial charge in [-0.15, -0.1) is 11.1 Å². The van der Waals surface area contributed by atoms with Gasteiger partial charge in [0.25, 0.3) is 7.38 Å². The Morgan fingerprint density at radius 2 is 0.724 bits per heavy atom. The monoisotopic (exact) mass is 423 g/mol. The van der Waals surface area contributed by atoms with Crippen LogP contribution < -0.4 is 30.3 Å². The lowest BCUT2D eigenvalue weighted by molar-refractivity contribution is 1.13. The Morgan fingerprint density at radius 1 is 0.483 bits per heavy atom. The lowest BCUT2D eigenvalue weighted by Gasteiger charge is -2.35. The van der Waals surface area contributed by atoms with Crippen LogP contribution in [0.2, 0.25) is 0 Å². The topological polar surface area (TPSA) is 9.72 Å². The van der Waals surface area contributed by atoms with Crippen LogP contribution in [0.5, 0.6) is 0 Å². The van der Waals surface area contributed by atoms with E-state index in [4.69, 9.17) is 11.1 Å². The molecule has 3 nitrogen and oxygen atoms in total. The maximum Gasteiger partial charge on any atom is 0.254 e. The Hall–Kier alpha value is -2.43. The molecule has 0 saturated carbocycles. The van der Waals surface area contributed by atoms with Gasteiger partial charge in [-0.05, 0) is 33.8 Å². The van der Waals surface area contributed by atoms with Crippen LogP contribution in [-0.4, -0.2) is 49.7 Å². The molecule has 0 fully saturated rings.